The summed E-state index contributed by atoms with van der Waals surface area (Å²) in [5.41, 5.74) is 3.65. The molecule has 0 spiro atoms. The third-order valence-electron chi connectivity index (χ3n) is 8.05. The van der Waals surface area contributed by atoms with E-state index < -0.39 is 0 Å². The minimum absolute atomic E-state index is 0.467. The van der Waals surface area contributed by atoms with Gasteiger partial charge in [0.05, 0.1) is 20.3 Å². The number of piperidine rings is 1. The molecule has 3 heterocycles. The first-order valence-corrected chi connectivity index (χ1v) is 13.1. The van der Waals surface area contributed by atoms with E-state index in [-0.39, 0.29) is 0 Å². The highest BCUT2D eigenvalue weighted by Crippen LogP contribution is 2.55. The molecule has 0 amide bonds. The highest BCUT2D eigenvalue weighted by Gasteiger charge is 2.57. The van der Waals surface area contributed by atoms with Gasteiger partial charge in [0.1, 0.15) is 18.2 Å². The first-order valence-electron chi connectivity index (χ1n) is 13.1. The van der Waals surface area contributed by atoms with Gasteiger partial charge in [-0.1, -0.05) is 42.5 Å². The number of anilines is 2. The van der Waals surface area contributed by atoms with Crippen LogP contribution in [0.2, 0.25) is 0 Å². The number of morpholine rings is 1. The number of methoxy groups -OCH3 is 1. The lowest BCUT2D eigenvalue weighted by Gasteiger charge is -2.35. The number of benzene rings is 2. The van der Waals surface area contributed by atoms with Gasteiger partial charge in [0.2, 0.25) is 5.88 Å². The number of pyridine rings is 1. The second-order valence-electron chi connectivity index (χ2n) is 10.2. The van der Waals surface area contributed by atoms with Gasteiger partial charge in [0, 0.05) is 43.0 Å². The van der Waals surface area contributed by atoms with E-state index in [4.69, 9.17) is 19.2 Å². The van der Waals surface area contributed by atoms with Gasteiger partial charge in [-0.3, -0.25) is 0 Å². The molecule has 1 saturated carbocycles. The third-order valence-corrected chi connectivity index (χ3v) is 8.05. The minimum Gasteiger partial charge on any atom is -0.497 e. The van der Waals surface area contributed by atoms with Gasteiger partial charge in [-0.2, -0.15) is 4.98 Å². The fourth-order valence-corrected chi connectivity index (χ4v) is 6.00. The lowest BCUT2D eigenvalue weighted by molar-refractivity contribution is 0.122. The average molecular weight is 486 g/mol. The van der Waals surface area contributed by atoms with E-state index >= 15 is 0 Å². The van der Waals surface area contributed by atoms with Crippen molar-refractivity contribution in [3.63, 3.8) is 0 Å². The van der Waals surface area contributed by atoms with E-state index in [0.29, 0.717) is 24.6 Å². The number of hydrogen-bond acceptors (Lipinski definition) is 6. The predicted octanol–water partition coefficient (Wildman–Crippen LogP) is 4.96. The SMILES string of the molecule is COc1ccc(COc2cc(N3CCOCC3)cc(N3C(C)C4CC4C3Cc3ccccc3)n2)cc1. The molecule has 0 radical (unpaired) electrons. The van der Waals surface area contributed by atoms with Crippen molar-refractivity contribution in [1.82, 2.24) is 4.98 Å². The zero-order valence-electron chi connectivity index (χ0n) is 21.2. The largest absolute Gasteiger partial charge is 0.497 e. The summed E-state index contributed by atoms with van der Waals surface area (Å²) in [6.45, 7) is 6.11. The van der Waals surface area contributed by atoms with Gasteiger partial charge in [0.15, 0.2) is 0 Å². The maximum atomic E-state index is 6.29. The van der Waals surface area contributed by atoms with Gasteiger partial charge >= 0.3 is 0 Å². The molecule has 1 aromatic heterocycles. The number of rotatable bonds is 8. The first-order chi connectivity index (χ1) is 17.7. The van der Waals surface area contributed by atoms with Gasteiger partial charge in [-0.25, -0.2) is 0 Å². The van der Waals surface area contributed by atoms with Crippen LogP contribution in [0.3, 0.4) is 0 Å². The molecule has 0 N–H and O–H groups in total. The lowest BCUT2D eigenvalue weighted by Crippen LogP contribution is -2.41. The number of nitrogens with zero attached hydrogens (tertiary/aromatic N) is 3. The highest BCUT2D eigenvalue weighted by atomic mass is 16.5. The van der Waals surface area contributed by atoms with Crippen LogP contribution < -0.4 is 19.3 Å². The maximum Gasteiger partial charge on any atom is 0.217 e. The molecule has 3 aliphatic rings. The predicted molar refractivity (Wildman–Crippen MR) is 142 cm³/mol. The smallest absolute Gasteiger partial charge is 0.217 e. The summed E-state index contributed by atoms with van der Waals surface area (Å²) < 4.78 is 17.2. The Morgan fingerprint density at radius 3 is 2.47 bits per heavy atom. The molecule has 6 heteroatoms. The molecule has 4 unspecified atom stereocenters. The Morgan fingerprint density at radius 2 is 1.72 bits per heavy atom. The quantitative estimate of drug-likeness (QED) is 0.449. The number of hydrogen-bond donors (Lipinski definition) is 0. The molecule has 0 bridgehead atoms. The molecule has 2 aliphatic heterocycles. The molecular weight excluding hydrogens is 450 g/mol. The van der Waals surface area contributed by atoms with Crippen LogP contribution in [0.1, 0.15) is 24.5 Å². The van der Waals surface area contributed by atoms with Crippen molar-refractivity contribution in [1.29, 1.82) is 0 Å². The minimum atomic E-state index is 0.467. The molecule has 6 rings (SSSR count). The van der Waals surface area contributed by atoms with E-state index in [0.717, 1.165) is 61.7 Å². The molecule has 36 heavy (non-hydrogen) atoms. The monoisotopic (exact) mass is 485 g/mol. The number of aromatic nitrogens is 1. The molecule has 6 nitrogen and oxygen atoms in total. The van der Waals surface area contributed by atoms with Gasteiger partial charge in [-0.05, 0) is 54.9 Å². The first kappa shape index (κ1) is 23.2. The summed E-state index contributed by atoms with van der Waals surface area (Å²) in [5, 5.41) is 0. The Morgan fingerprint density at radius 1 is 0.944 bits per heavy atom. The second kappa shape index (κ2) is 10.0. The molecular formula is C30H35N3O3. The zero-order valence-corrected chi connectivity index (χ0v) is 21.2. The van der Waals surface area contributed by atoms with Crippen LogP contribution in [0.25, 0.3) is 0 Å². The fourth-order valence-electron chi connectivity index (χ4n) is 6.00. The average Bonchev–Trinajstić information content (AvgIpc) is 3.69. The highest BCUT2D eigenvalue weighted by molar-refractivity contribution is 5.60. The van der Waals surface area contributed by atoms with Crippen LogP contribution in [0.5, 0.6) is 11.6 Å². The summed E-state index contributed by atoms with van der Waals surface area (Å²) in [6, 6.07) is 24.2. The molecule has 3 fully saturated rings. The van der Waals surface area contributed by atoms with E-state index in [9.17, 15) is 0 Å². The zero-order chi connectivity index (χ0) is 24.5. The molecule has 188 valence electrons. The van der Waals surface area contributed by atoms with Gasteiger partial charge in [0.25, 0.3) is 0 Å². The topological polar surface area (TPSA) is 47.1 Å². The number of ether oxygens (including phenoxy) is 3. The van der Waals surface area contributed by atoms with Crippen molar-refractivity contribution in [2.24, 2.45) is 11.8 Å². The van der Waals surface area contributed by atoms with Gasteiger partial charge < -0.3 is 24.0 Å². The molecule has 3 aromatic rings. The van der Waals surface area contributed by atoms with Gasteiger partial charge in [-0.15, -0.1) is 0 Å². The van der Waals surface area contributed by atoms with Crippen molar-refractivity contribution < 1.29 is 14.2 Å². The molecule has 2 saturated heterocycles. The molecule has 4 atom stereocenters. The fraction of sp³-hybridized carbons (Fsp3) is 0.433. The maximum absolute atomic E-state index is 6.29. The Bertz CT molecular complexity index is 1160. The van der Waals surface area contributed by atoms with E-state index in [2.05, 4.69) is 59.2 Å². The van der Waals surface area contributed by atoms with Crippen LogP contribution in [-0.2, 0) is 17.8 Å². The Hall–Kier alpha value is -3.25. The molecule has 2 aromatic carbocycles. The van der Waals surface area contributed by atoms with Crippen molar-refractivity contribution in [3.05, 3.63) is 77.9 Å². The van der Waals surface area contributed by atoms with Crippen LogP contribution in [0, 0.1) is 11.8 Å². The Balaban J connectivity index is 1.29. The number of fused-ring (bicyclic) bond motifs is 1. The summed E-state index contributed by atoms with van der Waals surface area (Å²) >= 11 is 0. The Labute approximate surface area is 213 Å². The van der Waals surface area contributed by atoms with Crippen LogP contribution in [0.15, 0.2) is 66.7 Å². The third kappa shape index (κ3) is 4.74. The summed E-state index contributed by atoms with van der Waals surface area (Å²) in [5.74, 6) is 4.06. The van der Waals surface area contributed by atoms with Crippen molar-refractivity contribution in [2.45, 2.75) is 38.5 Å². The van der Waals surface area contributed by atoms with E-state index in [1.807, 2.05) is 24.3 Å². The lowest BCUT2D eigenvalue weighted by atomic mass is 10.0. The Kier molecular flexibility index (Phi) is 6.45. The van der Waals surface area contributed by atoms with Crippen molar-refractivity contribution in [2.75, 3.05) is 43.2 Å². The van der Waals surface area contributed by atoms with Crippen LogP contribution >= 0.6 is 0 Å². The second-order valence-corrected chi connectivity index (χ2v) is 10.2. The molecule has 1 aliphatic carbocycles. The van der Waals surface area contributed by atoms with Crippen molar-refractivity contribution in [3.8, 4) is 11.6 Å². The summed E-state index contributed by atoms with van der Waals surface area (Å²) in [6.07, 6.45) is 2.39. The summed E-state index contributed by atoms with van der Waals surface area (Å²) in [4.78, 5) is 10.0. The standard InChI is InChI=1S/C30H35N3O3/c1-21-26-19-27(26)28(16-22-6-4-3-5-7-22)33(21)29-17-24(32-12-14-35-15-13-32)18-30(31-29)36-20-23-8-10-25(34-2)11-9-23/h3-11,17-18,21,26-28H,12-16,19-20H2,1-2H3. The summed E-state index contributed by atoms with van der Waals surface area (Å²) in [7, 11) is 1.68. The van der Waals surface area contributed by atoms with Crippen molar-refractivity contribution >= 4 is 11.5 Å². The van der Waals surface area contributed by atoms with E-state index in [1.54, 1.807) is 7.11 Å². The van der Waals surface area contributed by atoms with Crippen LogP contribution in [0.4, 0.5) is 11.5 Å². The van der Waals surface area contributed by atoms with E-state index in [1.165, 1.54) is 17.7 Å². The van der Waals surface area contributed by atoms with Crippen LogP contribution in [-0.4, -0.2) is 50.5 Å². The normalized spacial score (nSPS) is 24.9.